The zero-order valence-corrected chi connectivity index (χ0v) is 80.6. The van der Waals surface area contributed by atoms with Crippen molar-refractivity contribution < 1.29 is 0 Å². The van der Waals surface area contributed by atoms with Gasteiger partial charge in [-0.1, -0.05) is 409 Å². The first-order valence-electron chi connectivity index (χ1n) is 52.8. The first-order valence-corrected chi connectivity index (χ1v) is 52.8. The number of aryl methyl sites for hydroxylation is 4. The molecule has 0 nitrogen and oxygen atoms in total. The van der Waals surface area contributed by atoms with E-state index in [2.05, 4.69) is 350 Å². The Morgan fingerprint density at radius 2 is 0.421 bits per heavy atom. The molecule has 0 saturated heterocycles. The van der Waals surface area contributed by atoms with Gasteiger partial charge in [0.2, 0.25) is 0 Å². The molecular formula is C140H168. The Morgan fingerprint density at radius 1 is 0.193 bits per heavy atom. The van der Waals surface area contributed by atoms with Gasteiger partial charge in [-0.15, -0.1) is 0 Å². The van der Waals surface area contributed by atoms with Crippen molar-refractivity contribution in [1.29, 1.82) is 0 Å². The number of hydrogen-bond donors (Lipinski definition) is 0. The molecule has 0 aliphatic heterocycles. The molecule has 0 aromatic heterocycles. The van der Waals surface area contributed by atoms with Gasteiger partial charge >= 0.3 is 0 Å². The zero-order valence-electron chi connectivity index (χ0n) is 80.6. The number of rotatable bonds is 12. The van der Waals surface area contributed by atoms with E-state index in [-0.39, 0.29) is 59.4 Å². The summed E-state index contributed by atoms with van der Waals surface area (Å²) in [5, 5.41) is 23.2. The van der Waals surface area contributed by atoms with E-state index in [9.17, 15) is 0 Å². The molecule has 8 saturated carbocycles. The second-order valence-electron chi connectivity index (χ2n) is 45.1. The van der Waals surface area contributed by atoms with Gasteiger partial charge in [-0.25, -0.2) is 0 Å². The summed E-state index contributed by atoms with van der Waals surface area (Å²) in [7, 11) is 0. The van der Waals surface area contributed by atoms with E-state index >= 15 is 0 Å². The molecule has 12 aliphatic rings. The van der Waals surface area contributed by atoms with E-state index < -0.39 is 0 Å². The lowest BCUT2D eigenvalue weighted by Gasteiger charge is -2.48. The van der Waals surface area contributed by atoms with Crippen LogP contribution >= 0.6 is 0 Å². The van der Waals surface area contributed by atoms with Crippen molar-refractivity contribution in [3.63, 3.8) is 0 Å². The lowest BCUT2D eigenvalue weighted by molar-refractivity contribution is 0.0479. The van der Waals surface area contributed by atoms with Crippen molar-refractivity contribution in [2.45, 2.75) is 269 Å². The molecular weight excluding hydrogens is 1680 g/mol. The van der Waals surface area contributed by atoms with Gasteiger partial charge in [-0.05, 0) is 442 Å². The molecule has 16 aromatic carbocycles. The number of fused-ring (bicyclic) bond motifs is 32. The average molecular weight is 1850 g/mol. The van der Waals surface area contributed by atoms with Crippen molar-refractivity contribution in [2.75, 3.05) is 0 Å². The molecule has 0 radical (unpaired) electrons. The maximum atomic E-state index is 2.54. The maximum Gasteiger partial charge on any atom is -0.00105 e. The maximum absolute atomic E-state index is 2.54. The Balaban J connectivity index is 0.000000126. The van der Waals surface area contributed by atoms with Crippen LogP contribution in [0.15, 0.2) is 267 Å². The first-order chi connectivity index (χ1) is 64.7. The van der Waals surface area contributed by atoms with Crippen LogP contribution in [0.2, 0.25) is 0 Å². The van der Waals surface area contributed by atoms with E-state index in [0.29, 0.717) is 0 Å². The van der Waals surface area contributed by atoms with Crippen molar-refractivity contribution in [2.24, 2.45) is 118 Å². The summed E-state index contributed by atoms with van der Waals surface area (Å²) < 4.78 is 0. The number of benzene rings is 16. The van der Waals surface area contributed by atoms with Crippen molar-refractivity contribution >= 4 is 86.2 Å². The molecule has 24 atom stereocenters. The Bertz CT molecular complexity index is 7060. The molecule has 4 unspecified atom stereocenters. The molecule has 8 fully saturated rings. The third-order valence-electron chi connectivity index (χ3n) is 40.1. The van der Waals surface area contributed by atoms with E-state index in [1.807, 2.05) is 0 Å². The fourth-order valence-corrected chi connectivity index (χ4v) is 33.9. The standard InChI is InChI=1S/4C33H34.8CH4/c1-4-23-24-12-5-7-14-26(24)28(27-15-8-6-13-25(23)27)17-21-10-9-11-22-18-30-31-20(3)19(2)16-29(31)33(30)32(21)22;1-4-23-24-12-5-7-14-26(24)28(27-15-8-6-13-25(23)27)17-21-10-9-11-22-18-30-29-16-19(2)20(3)31(29)33(30)32(21)22;1-4-22-23-11-5-7-13-25(23)29(26-14-8-6-12-24(22)26)17-21-10-9-15-27-28(21)18-31-32-20(3)19(2)16-30(32)33(27)31;1-4-22-23-11-5-7-13-25(23)29(26-14-8-6-12-24(22)26)17-21-10-9-15-27-28(21)18-31-30-16-19(2)20(3)32(30)33(27)31;;;;;;;;/h2*5-15,19-20,29-31,33H,4,16-18H2,1-3H3;2*5-15,19-20,30-33H,4,16-18H2,1-3H3;8*1H4/t19-,20-,29+,30?,31-,33+;19-,20-,29-,30?,31-,33+;19-,20-,30+,31?,32-,33+;19-,20-,30-,31?,32-,33+;;;;;;;;/m1010......../s1. The second-order valence-corrected chi connectivity index (χ2v) is 45.1. The van der Waals surface area contributed by atoms with E-state index in [1.165, 1.54) is 182 Å². The molecule has 0 amide bonds. The fourth-order valence-electron chi connectivity index (χ4n) is 33.9. The Hall–Kier alpha value is -10.4. The van der Waals surface area contributed by atoms with Gasteiger partial charge < -0.3 is 0 Å². The summed E-state index contributed by atoms with van der Waals surface area (Å²) >= 11 is 0. The monoisotopic (exact) mass is 1850 g/mol. The predicted octanol–water partition coefficient (Wildman–Crippen LogP) is 38.4. The summed E-state index contributed by atoms with van der Waals surface area (Å²) in [4.78, 5) is 0. The van der Waals surface area contributed by atoms with Gasteiger partial charge in [0.15, 0.2) is 0 Å². The lowest BCUT2D eigenvalue weighted by atomic mass is 9.56. The van der Waals surface area contributed by atoms with Crippen LogP contribution in [-0.2, 0) is 77.0 Å². The van der Waals surface area contributed by atoms with Gasteiger partial charge in [0.25, 0.3) is 0 Å². The van der Waals surface area contributed by atoms with Gasteiger partial charge in [0.1, 0.15) is 0 Å². The quantitative estimate of drug-likeness (QED) is 0.107. The summed E-state index contributed by atoms with van der Waals surface area (Å²) in [6.45, 7) is 29.3. The van der Waals surface area contributed by atoms with Crippen LogP contribution in [-0.4, -0.2) is 0 Å². The molecule has 140 heavy (non-hydrogen) atoms. The van der Waals surface area contributed by atoms with Crippen molar-refractivity contribution in [3.05, 3.63) is 378 Å². The minimum atomic E-state index is 0. The Kier molecular flexibility index (Phi) is 28.7. The number of hydrogen-bond acceptors (Lipinski definition) is 0. The third-order valence-corrected chi connectivity index (χ3v) is 40.1. The Labute approximate surface area is 845 Å². The zero-order chi connectivity index (χ0) is 89.1. The molecule has 28 rings (SSSR count). The fraction of sp³-hybridized carbons (Fsp3) is 0.429. The molecule has 0 spiro atoms. The van der Waals surface area contributed by atoms with Crippen molar-refractivity contribution in [3.8, 4) is 0 Å². The van der Waals surface area contributed by atoms with Gasteiger partial charge in [-0.2, -0.15) is 0 Å². The van der Waals surface area contributed by atoms with Gasteiger partial charge in [0.05, 0.1) is 0 Å². The summed E-state index contributed by atoms with van der Waals surface area (Å²) in [6, 6.07) is 102. The molecule has 0 heterocycles. The van der Waals surface area contributed by atoms with Crippen LogP contribution in [0.4, 0.5) is 0 Å². The highest BCUT2D eigenvalue weighted by Gasteiger charge is 2.64. The lowest BCUT2D eigenvalue weighted by Crippen LogP contribution is -2.42. The largest absolute Gasteiger partial charge is 0.0776 e. The summed E-state index contributed by atoms with van der Waals surface area (Å²) in [5.74, 6) is 21.8. The smallest absolute Gasteiger partial charge is 0.00105 e. The molecule has 12 aliphatic carbocycles. The van der Waals surface area contributed by atoms with E-state index in [0.717, 1.165) is 193 Å². The molecule has 728 valence electrons. The highest BCUT2D eigenvalue weighted by molar-refractivity contribution is 6.10. The third kappa shape index (κ3) is 15.3. The first kappa shape index (κ1) is 101. The van der Waals surface area contributed by atoms with E-state index in [1.54, 1.807) is 66.8 Å². The SMILES string of the molecule is C.C.C.C.C.C.C.C.CCc1c2ccccc2c(Cc2cccc3c2CC2[C@@H]3[C@H]3[C@@H](C)[C@@H](C)C[C@@H]23)c2ccccc12.CCc1c2ccccc2c(Cc2cccc3c2CC2[C@@H]4[C@H](C)[C@H](C)C[C@@H]4[C@H]32)c2ccccc12.CCc1c2ccccc2c(Cc2cccc3c2[C@@H]2C(C3)[C@@H]3C[C@H](C)[C@H](C)[C@H]23)c2ccccc12.CCc1c2ccccc2c(Cc2cccc3c2[C@@H]2C(C3)[C@@H]3[C@H](C)[C@H](C)C[C@@H]32)c2ccccc12. The molecule has 0 N–H and O–H groups in total. The topological polar surface area (TPSA) is 0 Å². The normalized spacial score (nSPS) is 28.0. The predicted molar refractivity (Wildman–Crippen MR) is 614 cm³/mol. The van der Waals surface area contributed by atoms with Crippen LogP contribution < -0.4 is 0 Å². The summed E-state index contributed by atoms with van der Waals surface area (Å²) in [5.41, 5.74) is 32.1. The van der Waals surface area contributed by atoms with Crippen LogP contribution in [0.5, 0.6) is 0 Å². The van der Waals surface area contributed by atoms with Crippen molar-refractivity contribution in [1.82, 2.24) is 0 Å². The van der Waals surface area contributed by atoms with Gasteiger partial charge in [0, 0.05) is 0 Å². The van der Waals surface area contributed by atoms with Gasteiger partial charge in [-0.3, -0.25) is 0 Å². The highest BCUT2D eigenvalue weighted by Crippen LogP contribution is 2.72. The van der Waals surface area contributed by atoms with Crippen LogP contribution in [0, 0.1) is 118 Å². The van der Waals surface area contributed by atoms with Crippen LogP contribution in [0.25, 0.3) is 86.2 Å². The Morgan fingerprint density at radius 3 is 0.743 bits per heavy atom. The highest BCUT2D eigenvalue weighted by atomic mass is 14.7. The van der Waals surface area contributed by atoms with Crippen LogP contribution in [0.1, 0.15) is 303 Å². The molecule has 16 aromatic rings. The molecule has 0 heteroatoms. The minimum absolute atomic E-state index is 0. The minimum Gasteiger partial charge on any atom is -0.0776 e. The molecule has 0 bridgehead atoms. The average Bonchev–Trinajstić information content (AvgIpc) is 1.72. The van der Waals surface area contributed by atoms with Crippen LogP contribution in [0.3, 0.4) is 0 Å². The second kappa shape index (κ2) is 39.7. The summed E-state index contributed by atoms with van der Waals surface area (Å²) in [6.07, 6.45) is 19.6. The van der Waals surface area contributed by atoms with E-state index in [4.69, 9.17) is 0 Å².